The van der Waals surface area contributed by atoms with Crippen molar-refractivity contribution in [3.63, 3.8) is 0 Å². The van der Waals surface area contributed by atoms with Crippen LogP contribution in [-0.4, -0.2) is 4.32 Å². The highest BCUT2D eigenvalue weighted by molar-refractivity contribution is 9.10. The third-order valence-corrected chi connectivity index (χ3v) is 10.4. The van der Waals surface area contributed by atoms with Crippen molar-refractivity contribution in [3.05, 3.63) is 134 Å². The van der Waals surface area contributed by atoms with Gasteiger partial charge in [-0.3, -0.25) is 0 Å². The molecule has 4 aliphatic carbocycles. The first kappa shape index (κ1) is 39.4. The molecule has 2 fully saturated rings. The number of allylic oxidation sites excluding steroid dienone is 19. The van der Waals surface area contributed by atoms with Gasteiger partial charge in [0.25, 0.3) is 0 Å². The van der Waals surface area contributed by atoms with Crippen LogP contribution in [0.5, 0.6) is 0 Å². The zero-order valence-corrected chi connectivity index (χ0v) is 31.6. The summed E-state index contributed by atoms with van der Waals surface area (Å²) in [5.41, 5.74) is 4.82. The number of hydrogen-bond donors (Lipinski definition) is 0. The second-order valence-corrected chi connectivity index (χ2v) is 16.1. The van der Waals surface area contributed by atoms with E-state index in [1.54, 1.807) is 6.08 Å². The van der Waals surface area contributed by atoms with Crippen molar-refractivity contribution in [1.82, 2.24) is 0 Å². The van der Waals surface area contributed by atoms with Gasteiger partial charge in [-0.25, -0.2) is 0 Å². The minimum atomic E-state index is -0.114. The Morgan fingerprint density at radius 3 is 2.26 bits per heavy atom. The van der Waals surface area contributed by atoms with Crippen LogP contribution in [0.4, 0.5) is 0 Å². The van der Waals surface area contributed by atoms with Gasteiger partial charge in [-0.05, 0) is 96.2 Å². The molecular weight excluding hydrogens is 620 g/mol. The van der Waals surface area contributed by atoms with Gasteiger partial charge in [0.1, 0.15) is 0 Å². The van der Waals surface area contributed by atoms with Crippen LogP contribution in [-0.2, 0) is 0 Å². The maximum atomic E-state index is 4.82. The summed E-state index contributed by atoms with van der Waals surface area (Å²) >= 11 is 3.89. The number of hydrogen-bond acceptors (Lipinski definition) is 0. The van der Waals surface area contributed by atoms with Gasteiger partial charge in [0.2, 0.25) is 0 Å². The molecular formula is C45H61Br. The Morgan fingerprint density at radius 2 is 1.65 bits per heavy atom. The third-order valence-electron chi connectivity index (χ3n) is 9.88. The highest BCUT2D eigenvalue weighted by Crippen LogP contribution is 2.72. The van der Waals surface area contributed by atoms with Crippen molar-refractivity contribution >= 4 is 15.9 Å². The number of terminal acetylenes is 1. The van der Waals surface area contributed by atoms with Gasteiger partial charge >= 0.3 is 0 Å². The Kier molecular flexibility index (Phi) is 14.9. The fourth-order valence-corrected chi connectivity index (χ4v) is 8.98. The lowest BCUT2D eigenvalue weighted by molar-refractivity contribution is -0.0691. The van der Waals surface area contributed by atoms with E-state index in [1.807, 2.05) is 19.9 Å². The van der Waals surface area contributed by atoms with Gasteiger partial charge in [0, 0.05) is 6.42 Å². The molecule has 4 aliphatic rings. The van der Waals surface area contributed by atoms with E-state index in [-0.39, 0.29) is 26.0 Å². The Balaban J connectivity index is 0.000000959. The molecule has 0 N–H and O–H groups in total. The molecule has 0 aromatic carbocycles. The normalized spacial score (nSPS) is 34.8. The largest absolute Gasteiger partial charge is 0.120 e. The average molecular weight is 682 g/mol. The standard InChI is InChI=1S/C38H49Br.C5H6.C2H6/c1-8-11-16-32(14-9-2)37-25-34(5,22-10-3)26-38(29-37,33-17-12-15-30(4)19-20-33)28-35(6,27-37)31-18-13-23-36(7,39)24-21-31;1-3-5-4-2;1-2/h8,10-21,23-24,30H,1,3,9,22,25-29H2,2,4-7H3;1,4H,2,5H2;1-2H3/b16-11-,32-14+;;. The van der Waals surface area contributed by atoms with E-state index in [1.165, 1.54) is 36.0 Å². The predicted octanol–water partition coefficient (Wildman–Crippen LogP) is 13.7. The first-order valence-electron chi connectivity index (χ1n) is 17.3. The van der Waals surface area contributed by atoms with Crippen molar-refractivity contribution in [1.29, 1.82) is 0 Å². The van der Waals surface area contributed by atoms with Crippen molar-refractivity contribution < 1.29 is 0 Å². The van der Waals surface area contributed by atoms with E-state index in [0.29, 0.717) is 12.3 Å². The molecule has 0 aromatic heterocycles. The fourth-order valence-electron chi connectivity index (χ4n) is 8.69. The molecule has 0 aliphatic heterocycles. The molecule has 0 aromatic rings. The van der Waals surface area contributed by atoms with E-state index >= 15 is 0 Å². The van der Waals surface area contributed by atoms with E-state index in [2.05, 4.69) is 161 Å². The maximum absolute atomic E-state index is 4.82. The zero-order valence-electron chi connectivity index (χ0n) is 30.0. The highest BCUT2D eigenvalue weighted by Gasteiger charge is 2.61. The summed E-state index contributed by atoms with van der Waals surface area (Å²) < 4.78 is -0.114. The van der Waals surface area contributed by atoms with Crippen LogP contribution in [0.1, 0.15) is 99.8 Å². The third kappa shape index (κ3) is 9.84. The smallest absolute Gasteiger partial charge is 0.0594 e. The van der Waals surface area contributed by atoms with Crippen molar-refractivity contribution in [2.75, 3.05) is 0 Å². The molecule has 46 heavy (non-hydrogen) atoms. The number of rotatable bonds is 9. The van der Waals surface area contributed by atoms with E-state index in [4.69, 9.17) is 6.42 Å². The van der Waals surface area contributed by atoms with Crippen LogP contribution in [0.3, 0.4) is 0 Å². The summed E-state index contributed by atoms with van der Waals surface area (Å²) in [5, 5.41) is 0. The predicted molar refractivity (Wildman–Crippen MR) is 211 cm³/mol. The average Bonchev–Trinajstić information content (AvgIpc) is 3.33. The summed E-state index contributed by atoms with van der Waals surface area (Å²) in [6.45, 7) is 27.5. The Morgan fingerprint density at radius 1 is 0.935 bits per heavy atom. The quantitative estimate of drug-likeness (QED) is 0.0983. The first-order chi connectivity index (χ1) is 21.8. The summed E-state index contributed by atoms with van der Waals surface area (Å²) in [7, 11) is 0. The number of halogens is 1. The van der Waals surface area contributed by atoms with Crippen molar-refractivity contribution in [3.8, 4) is 12.3 Å². The molecule has 0 amide bonds. The fraction of sp³-hybridized carbons (Fsp3) is 0.467. The SMILES string of the molecule is C#CCC=C.C=C/C=C\C(=C/CC)C12CC(C)(CC=C)CC(C3=CC=CC(C)C=C3)(CC(C)(C3=CC=CC(C)(Br)C=C3)C1)C2.CC. The zero-order chi connectivity index (χ0) is 34.5. The second kappa shape index (κ2) is 17.4. The lowest BCUT2D eigenvalue weighted by Crippen LogP contribution is -2.54. The van der Waals surface area contributed by atoms with Gasteiger partial charge in [-0.1, -0.05) is 161 Å². The van der Waals surface area contributed by atoms with Crippen LogP contribution < -0.4 is 0 Å². The molecule has 4 rings (SSSR count). The Hall–Kier alpha value is -2.82. The van der Waals surface area contributed by atoms with E-state index in [9.17, 15) is 0 Å². The van der Waals surface area contributed by atoms with Gasteiger partial charge in [-0.15, -0.1) is 25.5 Å². The van der Waals surface area contributed by atoms with Gasteiger partial charge in [0.05, 0.1) is 4.32 Å². The molecule has 1 heteroatoms. The van der Waals surface area contributed by atoms with Gasteiger partial charge in [0.15, 0.2) is 0 Å². The summed E-state index contributed by atoms with van der Waals surface area (Å²) in [6.07, 6.45) is 49.9. The topological polar surface area (TPSA) is 0 Å². The van der Waals surface area contributed by atoms with E-state index < -0.39 is 0 Å². The molecule has 0 nitrogen and oxygen atoms in total. The Bertz CT molecular complexity index is 1360. The van der Waals surface area contributed by atoms with Crippen LogP contribution in [0, 0.1) is 39.9 Å². The molecule has 0 heterocycles. The van der Waals surface area contributed by atoms with Crippen LogP contribution in [0.2, 0.25) is 0 Å². The molecule has 248 valence electrons. The lowest BCUT2D eigenvalue weighted by Gasteiger charge is -2.64. The summed E-state index contributed by atoms with van der Waals surface area (Å²) in [5.74, 6) is 2.86. The van der Waals surface area contributed by atoms with Gasteiger partial charge in [-0.2, -0.15) is 0 Å². The lowest BCUT2D eigenvalue weighted by atomic mass is 9.39. The maximum Gasteiger partial charge on any atom is 0.0594 e. The van der Waals surface area contributed by atoms with Crippen LogP contribution in [0.15, 0.2) is 134 Å². The molecule has 6 unspecified atom stereocenters. The van der Waals surface area contributed by atoms with Gasteiger partial charge < -0.3 is 0 Å². The molecule has 6 atom stereocenters. The molecule has 0 spiro atoms. The molecule has 0 saturated heterocycles. The minimum absolute atomic E-state index is 0.0349. The van der Waals surface area contributed by atoms with Crippen LogP contribution in [0.25, 0.3) is 0 Å². The molecule has 2 bridgehead atoms. The van der Waals surface area contributed by atoms with Crippen molar-refractivity contribution in [2.45, 2.75) is 104 Å². The van der Waals surface area contributed by atoms with Crippen LogP contribution >= 0.6 is 15.9 Å². The number of alkyl halides is 1. The van der Waals surface area contributed by atoms with E-state index in [0.717, 1.165) is 25.7 Å². The first-order valence-corrected chi connectivity index (χ1v) is 18.1. The van der Waals surface area contributed by atoms with Crippen molar-refractivity contribution in [2.24, 2.45) is 27.6 Å². The monoisotopic (exact) mass is 680 g/mol. The molecule has 0 radical (unpaired) electrons. The highest BCUT2D eigenvalue weighted by atomic mass is 79.9. The number of fused-ring (bicyclic) bond motifs is 2. The molecule has 2 saturated carbocycles. The Labute approximate surface area is 292 Å². The summed E-state index contributed by atoms with van der Waals surface area (Å²) in [4.78, 5) is 0. The minimum Gasteiger partial charge on any atom is -0.120 e. The second-order valence-electron chi connectivity index (χ2n) is 14.4. The summed E-state index contributed by atoms with van der Waals surface area (Å²) in [6, 6.07) is 0.